The zero-order valence-corrected chi connectivity index (χ0v) is 16.5. The molecule has 2 unspecified atom stereocenters. The summed E-state index contributed by atoms with van der Waals surface area (Å²) in [6.07, 6.45) is 2.99. The van der Waals surface area contributed by atoms with Gasteiger partial charge < -0.3 is 19.5 Å². The van der Waals surface area contributed by atoms with Crippen LogP contribution in [0.2, 0.25) is 0 Å². The Morgan fingerprint density at radius 3 is 3.10 bits per heavy atom. The van der Waals surface area contributed by atoms with E-state index in [4.69, 9.17) is 9.26 Å². The number of para-hydroxylation sites is 1. The number of nitrogens with zero attached hydrogens (tertiary/aromatic N) is 5. The van der Waals surface area contributed by atoms with Gasteiger partial charge in [-0.05, 0) is 38.8 Å². The molecule has 3 aromatic rings. The number of anilines is 1. The average molecular weight is 396 g/mol. The van der Waals surface area contributed by atoms with E-state index < -0.39 is 0 Å². The van der Waals surface area contributed by atoms with Crippen molar-refractivity contribution in [2.45, 2.75) is 45.4 Å². The van der Waals surface area contributed by atoms with Crippen LogP contribution in [0.15, 0.2) is 35.1 Å². The molecule has 9 nitrogen and oxygen atoms in total. The fraction of sp³-hybridized carbons (Fsp3) is 0.450. The lowest BCUT2D eigenvalue weighted by Gasteiger charge is -2.25. The maximum atomic E-state index is 12.9. The van der Waals surface area contributed by atoms with Gasteiger partial charge in [-0.1, -0.05) is 17.3 Å². The van der Waals surface area contributed by atoms with Crippen LogP contribution in [-0.4, -0.2) is 45.2 Å². The van der Waals surface area contributed by atoms with Crippen LogP contribution in [0.1, 0.15) is 44.5 Å². The molecule has 9 heteroatoms. The first kappa shape index (κ1) is 19.3. The molecule has 1 aromatic carbocycles. The van der Waals surface area contributed by atoms with Gasteiger partial charge in [0, 0.05) is 18.5 Å². The molecule has 1 aliphatic rings. The van der Waals surface area contributed by atoms with Crippen molar-refractivity contribution in [2.75, 3.05) is 18.1 Å². The Balaban J connectivity index is 1.44. The number of rotatable bonds is 7. The molecule has 1 saturated heterocycles. The highest BCUT2D eigenvalue weighted by molar-refractivity contribution is 5.93. The van der Waals surface area contributed by atoms with Crippen molar-refractivity contribution < 1.29 is 14.1 Å². The van der Waals surface area contributed by atoms with Crippen LogP contribution in [0.25, 0.3) is 10.9 Å². The molecule has 2 atom stereocenters. The number of fused-ring (bicyclic) bond motifs is 1. The molecule has 2 aromatic heterocycles. The maximum absolute atomic E-state index is 12.9. The number of aromatic nitrogens is 4. The van der Waals surface area contributed by atoms with Gasteiger partial charge in [0.05, 0.1) is 12.1 Å². The number of hydrogen-bond acceptors (Lipinski definition) is 8. The first-order valence-electron chi connectivity index (χ1n) is 9.85. The van der Waals surface area contributed by atoms with Gasteiger partial charge in [0.1, 0.15) is 24.3 Å². The van der Waals surface area contributed by atoms with E-state index in [0.717, 1.165) is 36.1 Å². The Labute approximate surface area is 168 Å². The third-order valence-corrected chi connectivity index (χ3v) is 5.03. The predicted molar refractivity (Wildman–Crippen MR) is 106 cm³/mol. The third-order valence-electron chi connectivity index (χ3n) is 5.03. The monoisotopic (exact) mass is 396 g/mol. The predicted octanol–water partition coefficient (Wildman–Crippen LogP) is 2.40. The Kier molecular flexibility index (Phi) is 5.66. The van der Waals surface area contributed by atoms with E-state index in [1.54, 1.807) is 6.33 Å². The Bertz CT molecular complexity index is 986. The quantitative estimate of drug-likeness (QED) is 0.649. The van der Waals surface area contributed by atoms with E-state index in [1.807, 2.05) is 38.1 Å². The summed E-state index contributed by atoms with van der Waals surface area (Å²) < 4.78 is 10.7. The normalized spacial score (nSPS) is 17.6. The molecule has 1 amide bonds. The molecule has 1 aliphatic heterocycles. The lowest BCUT2D eigenvalue weighted by atomic mass is 10.2. The molecular formula is C20H24N6O3. The summed E-state index contributed by atoms with van der Waals surface area (Å²) in [5.41, 5.74) is 0.866. The summed E-state index contributed by atoms with van der Waals surface area (Å²) in [4.78, 5) is 28.0. The minimum atomic E-state index is -0.293. The molecule has 0 radical (unpaired) electrons. The van der Waals surface area contributed by atoms with Crippen molar-refractivity contribution in [2.24, 2.45) is 0 Å². The molecule has 3 heterocycles. The standard InChI is InChI=1S/C20H24N6O3/c1-3-28-13(2)18-24-17(29-25-18)11-21-20(27)16-9-6-10-26(16)19-14-7-4-5-8-15(14)22-12-23-19/h4-5,7-8,12-13,16H,3,6,9-11H2,1-2H3,(H,21,27). The van der Waals surface area contributed by atoms with Gasteiger partial charge >= 0.3 is 0 Å². The van der Waals surface area contributed by atoms with Crippen molar-refractivity contribution >= 4 is 22.6 Å². The SMILES string of the molecule is CCOC(C)c1noc(CNC(=O)C2CCCN2c2ncnc3ccccc23)n1. The zero-order chi connectivity index (χ0) is 20.2. The summed E-state index contributed by atoms with van der Waals surface area (Å²) in [6, 6.07) is 7.53. The molecule has 29 heavy (non-hydrogen) atoms. The Morgan fingerprint density at radius 1 is 1.38 bits per heavy atom. The molecule has 0 spiro atoms. The first-order valence-corrected chi connectivity index (χ1v) is 9.85. The fourth-order valence-electron chi connectivity index (χ4n) is 3.62. The summed E-state index contributed by atoms with van der Waals surface area (Å²) in [6.45, 7) is 5.29. The van der Waals surface area contributed by atoms with Crippen LogP contribution in [0.5, 0.6) is 0 Å². The van der Waals surface area contributed by atoms with E-state index >= 15 is 0 Å². The molecule has 1 fully saturated rings. The maximum Gasteiger partial charge on any atom is 0.246 e. The second-order valence-electron chi connectivity index (χ2n) is 6.93. The summed E-state index contributed by atoms with van der Waals surface area (Å²) in [5, 5.41) is 7.77. The van der Waals surface area contributed by atoms with E-state index in [9.17, 15) is 4.79 Å². The highest BCUT2D eigenvalue weighted by Gasteiger charge is 2.32. The number of carbonyl (C=O) groups excluding carboxylic acids is 1. The van der Waals surface area contributed by atoms with Crippen LogP contribution in [0.3, 0.4) is 0 Å². The average Bonchev–Trinajstić information content (AvgIpc) is 3.41. The third kappa shape index (κ3) is 4.04. The fourth-order valence-corrected chi connectivity index (χ4v) is 3.62. The van der Waals surface area contributed by atoms with Crippen molar-refractivity contribution in [3.8, 4) is 0 Å². The van der Waals surface area contributed by atoms with Gasteiger partial charge in [-0.25, -0.2) is 9.97 Å². The minimum absolute atomic E-state index is 0.0807. The summed E-state index contributed by atoms with van der Waals surface area (Å²) >= 11 is 0. The number of carbonyl (C=O) groups is 1. The number of ether oxygens (including phenoxy) is 1. The number of nitrogens with one attached hydrogen (secondary N) is 1. The van der Waals surface area contributed by atoms with Gasteiger partial charge in [0.2, 0.25) is 11.8 Å². The number of benzene rings is 1. The van der Waals surface area contributed by atoms with Crippen molar-refractivity contribution in [1.29, 1.82) is 0 Å². The van der Waals surface area contributed by atoms with Crippen LogP contribution < -0.4 is 10.2 Å². The van der Waals surface area contributed by atoms with Crippen molar-refractivity contribution in [1.82, 2.24) is 25.4 Å². The first-order chi connectivity index (χ1) is 14.2. The van der Waals surface area contributed by atoms with Gasteiger partial charge in [0.15, 0.2) is 5.82 Å². The second kappa shape index (κ2) is 8.52. The Hall–Kier alpha value is -3.07. The molecule has 1 N–H and O–H groups in total. The summed E-state index contributed by atoms with van der Waals surface area (Å²) in [5.74, 6) is 1.55. The summed E-state index contributed by atoms with van der Waals surface area (Å²) in [7, 11) is 0. The van der Waals surface area contributed by atoms with Gasteiger partial charge in [-0.15, -0.1) is 0 Å². The molecule has 152 valence electrons. The van der Waals surface area contributed by atoms with E-state index in [2.05, 4.69) is 30.3 Å². The highest BCUT2D eigenvalue weighted by Crippen LogP contribution is 2.29. The topological polar surface area (TPSA) is 106 Å². The van der Waals surface area contributed by atoms with E-state index in [0.29, 0.717) is 18.3 Å². The zero-order valence-electron chi connectivity index (χ0n) is 16.5. The van der Waals surface area contributed by atoms with E-state index in [1.165, 1.54) is 0 Å². The minimum Gasteiger partial charge on any atom is -0.371 e. The van der Waals surface area contributed by atoms with Crippen molar-refractivity contribution in [3.63, 3.8) is 0 Å². The molecule has 0 aliphatic carbocycles. The van der Waals surface area contributed by atoms with Gasteiger partial charge in [-0.3, -0.25) is 4.79 Å². The number of amides is 1. The number of hydrogen-bond donors (Lipinski definition) is 1. The van der Waals surface area contributed by atoms with Crippen LogP contribution in [0.4, 0.5) is 5.82 Å². The van der Waals surface area contributed by atoms with Crippen LogP contribution in [-0.2, 0) is 16.1 Å². The van der Waals surface area contributed by atoms with Gasteiger partial charge in [-0.2, -0.15) is 4.98 Å². The highest BCUT2D eigenvalue weighted by atomic mass is 16.5. The van der Waals surface area contributed by atoms with Crippen LogP contribution in [0, 0.1) is 0 Å². The lowest BCUT2D eigenvalue weighted by Crippen LogP contribution is -2.43. The lowest BCUT2D eigenvalue weighted by molar-refractivity contribution is -0.122. The van der Waals surface area contributed by atoms with Crippen molar-refractivity contribution in [3.05, 3.63) is 42.3 Å². The molecule has 0 saturated carbocycles. The second-order valence-corrected chi connectivity index (χ2v) is 6.93. The molecule has 0 bridgehead atoms. The largest absolute Gasteiger partial charge is 0.371 e. The molecule has 4 rings (SSSR count). The van der Waals surface area contributed by atoms with Gasteiger partial charge in [0.25, 0.3) is 0 Å². The van der Waals surface area contributed by atoms with Crippen LogP contribution >= 0.6 is 0 Å². The molecular weight excluding hydrogens is 372 g/mol. The smallest absolute Gasteiger partial charge is 0.246 e. The Morgan fingerprint density at radius 2 is 2.24 bits per heavy atom. The van der Waals surface area contributed by atoms with E-state index in [-0.39, 0.29) is 24.6 Å².